The zero-order valence-corrected chi connectivity index (χ0v) is 11.9. The molecule has 18 heavy (non-hydrogen) atoms. The van der Waals surface area contributed by atoms with Crippen molar-refractivity contribution < 1.29 is 9.53 Å². The fourth-order valence-corrected chi connectivity index (χ4v) is 1.49. The Hall–Kier alpha value is -1.51. The summed E-state index contributed by atoms with van der Waals surface area (Å²) < 4.78 is 5.55. The van der Waals surface area contributed by atoms with E-state index in [4.69, 9.17) is 4.74 Å². The van der Waals surface area contributed by atoms with Crippen LogP contribution >= 0.6 is 0 Å². The van der Waals surface area contributed by atoms with Crippen LogP contribution < -0.4 is 10.1 Å². The van der Waals surface area contributed by atoms with E-state index in [0.29, 0.717) is 5.92 Å². The van der Waals surface area contributed by atoms with E-state index in [1.807, 2.05) is 39.0 Å². The smallest absolute Gasteiger partial charge is 0.258 e. The fraction of sp³-hybridized carbons (Fsp3) is 0.533. The third kappa shape index (κ3) is 4.06. The number of carbonyl (C=O) groups is 1. The summed E-state index contributed by atoms with van der Waals surface area (Å²) in [5.41, 5.74) is 2.26. The molecule has 0 aliphatic carbocycles. The quantitative estimate of drug-likeness (QED) is 0.871. The van der Waals surface area contributed by atoms with Crippen molar-refractivity contribution in [3.05, 3.63) is 29.3 Å². The maximum Gasteiger partial charge on any atom is 0.258 e. The van der Waals surface area contributed by atoms with Crippen molar-refractivity contribution in [1.29, 1.82) is 0 Å². The lowest BCUT2D eigenvalue weighted by molar-refractivity contribution is -0.124. The van der Waals surface area contributed by atoms with Gasteiger partial charge in [-0.15, -0.1) is 0 Å². The lowest BCUT2D eigenvalue weighted by Gasteiger charge is -2.18. The first-order valence-electron chi connectivity index (χ1n) is 6.40. The van der Waals surface area contributed by atoms with Crippen LogP contribution in [0.3, 0.4) is 0 Å². The Bertz CT molecular complexity index is 413. The minimum absolute atomic E-state index is 0.0708. The molecular formula is C15H23NO2. The number of aryl methyl sites for hydroxylation is 1. The first kappa shape index (κ1) is 14.6. The van der Waals surface area contributed by atoms with Gasteiger partial charge in [0.25, 0.3) is 5.91 Å². The van der Waals surface area contributed by atoms with Gasteiger partial charge in [-0.05, 0) is 43.9 Å². The topological polar surface area (TPSA) is 38.3 Å². The van der Waals surface area contributed by atoms with E-state index in [-0.39, 0.29) is 18.6 Å². The van der Waals surface area contributed by atoms with Gasteiger partial charge in [0.05, 0.1) is 0 Å². The second-order valence-corrected chi connectivity index (χ2v) is 5.09. The molecule has 0 aliphatic rings. The van der Waals surface area contributed by atoms with Crippen molar-refractivity contribution in [2.45, 2.75) is 40.7 Å². The summed E-state index contributed by atoms with van der Waals surface area (Å²) in [5.74, 6) is 1.13. The van der Waals surface area contributed by atoms with Gasteiger partial charge in [0.1, 0.15) is 5.75 Å². The van der Waals surface area contributed by atoms with E-state index < -0.39 is 0 Å². The van der Waals surface area contributed by atoms with Crippen molar-refractivity contribution >= 4 is 5.91 Å². The van der Waals surface area contributed by atoms with E-state index in [1.165, 1.54) is 5.56 Å². The molecule has 0 aliphatic heterocycles. The van der Waals surface area contributed by atoms with Gasteiger partial charge in [0.2, 0.25) is 0 Å². The van der Waals surface area contributed by atoms with Crippen molar-refractivity contribution in [3.63, 3.8) is 0 Å². The Morgan fingerprint density at radius 1 is 1.28 bits per heavy atom. The van der Waals surface area contributed by atoms with E-state index in [9.17, 15) is 4.79 Å². The van der Waals surface area contributed by atoms with Crippen LogP contribution in [-0.4, -0.2) is 18.6 Å². The number of hydrogen-bond acceptors (Lipinski definition) is 2. The van der Waals surface area contributed by atoms with Crippen molar-refractivity contribution in [2.24, 2.45) is 5.92 Å². The molecule has 0 saturated carbocycles. The molecule has 0 heterocycles. The van der Waals surface area contributed by atoms with Crippen LogP contribution in [0.15, 0.2) is 18.2 Å². The van der Waals surface area contributed by atoms with Crippen molar-refractivity contribution in [1.82, 2.24) is 5.32 Å². The molecular weight excluding hydrogens is 226 g/mol. The second kappa shape index (κ2) is 6.43. The average Bonchev–Trinajstić information content (AvgIpc) is 2.31. The van der Waals surface area contributed by atoms with Gasteiger partial charge in [-0.3, -0.25) is 4.79 Å². The summed E-state index contributed by atoms with van der Waals surface area (Å²) in [5, 5.41) is 2.92. The number of carbonyl (C=O) groups excluding carboxylic acids is 1. The van der Waals surface area contributed by atoms with Crippen LogP contribution in [0.4, 0.5) is 0 Å². The number of rotatable bonds is 5. The van der Waals surface area contributed by atoms with Crippen LogP contribution in [0, 0.1) is 19.8 Å². The maximum atomic E-state index is 11.7. The minimum Gasteiger partial charge on any atom is -0.483 e. The highest BCUT2D eigenvalue weighted by atomic mass is 16.5. The molecule has 0 saturated heterocycles. The summed E-state index contributed by atoms with van der Waals surface area (Å²) >= 11 is 0. The lowest BCUT2D eigenvalue weighted by Crippen LogP contribution is -2.39. The second-order valence-electron chi connectivity index (χ2n) is 5.09. The van der Waals surface area contributed by atoms with Crippen LogP contribution in [0.5, 0.6) is 5.75 Å². The predicted octanol–water partition coefficient (Wildman–Crippen LogP) is 2.84. The molecule has 0 spiro atoms. The molecule has 0 radical (unpaired) electrons. The largest absolute Gasteiger partial charge is 0.483 e. The molecule has 1 atom stereocenters. The molecule has 1 aromatic carbocycles. The molecule has 1 rings (SSSR count). The number of ether oxygens (including phenoxy) is 1. The molecule has 3 nitrogen and oxygen atoms in total. The summed E-state index contributed by atoms with van der Waals surface area (Å²) in [6.45, 7) is 10.3. The Balaban J connectivity index is 2.50. The van der Waals surface area contributed by atoms with Crippen molar-refractivity contribution in [3.8, 4) is 5.75 Å². The van der Waals surface area contributed by atoms with Crippen LogP contribution in [0.25, 0.3) is 0 Å². The van der Waals surface area contributed by atoms with Crippen LogP contribution in [0.1, 0.15) is 31.9 Å². The lowest BCUT2D eigenvalue weighted by atomic mass is 10.1. The number of benzene rings is 1. The zero-order valence-electron chi connectivity index (χ0n) is 11.9. The van der Waals surface area contributed by atoms with Gasteiger partial charge in [-0.1, -0.05) is 26.0 Å². The monoisotopic (exact) mass is 249 g/mol. The number of nitrogens with one attached hydrogen (secondary N) is 1. The Kier molecular flexibility index (Phi) is 5.20. The van der Waals surface area contributed by atoms with E-state index in [2.05, 4.69) is 19.2 Å². The first-order chi connectivity index (χ1) is 8.41. The van der Waals surface area contributed by atoms with E-state index in [0.717, 1.165) is 11.3 Å². The highest BCUT2D eigenvalue weighted by molar-refractivity contribution is 5.77. The van der Waals surface area contributed by atoms with E-state index >= 15 is 0 Å². The van der Waals surface area contributed by atoms with Crippen LogP contribution in [-0.2, 0) is 4.79 Å². The number of hydrogen-bond donors (Lipinski definition) is 1. The number of amides is 1. The molecule has 1 aromatic rings. The summed E-state index contributed by atoms with van der Waals surface area (Å²) in [6, 6.07) is 6.02. The normalized spacial score (nSPS) is 12.3. The predicted molar refractivity (Wildman–Crippen MR) is 73.9 cm³/mol. The molecule has 0 unspecified atom stereocenters. The third-order valence-corrected chi connectivity index (χ3v) is 3.30. The molecule has 1 amide bonds. The molecule has 0 fully saturated rings. The standard InChI is InChI=1S/C15H23NO2/c1-10(2)13(5)16-15(17)9-18-14-8-6-7-11(3)12(14)4/h6-8,10,13H,9H2,1-5H3,(H,16,17)/t13-/m1/s1. The zero-order chi connectivity index (χ0) is 13.7. The van der Waals surface area contributed by atoms with Gasteiger partial charge >= 0.3 is 0 Å². The Labute approximate surface area is 110 Å². The molecule has 3 heteroatoms. The SMILES string of the molecule is Cc1cccc(OCC(=O)N[C@H](C)C(C)C)c1C. The summed E-state index contributed by atoms with van der Waals surface area (Å²) in [4.78, 5) is 11.7. The summed E-state index contributed by atoms with van der Waals surface area (Å²) in [6.07, 6.45) is 0. The van der Waals surface area contributed by atoms with Gasteiger partial charge in [0.15, 0.2) is 6.61 Å². The van der Waals surface area contributed by atoms with Gasteiger partial charge in [-0.25, -0.2) is 0 Å². The van der Waals surface area contributed by atoms with Gasteiger partial charge < -0.3 is 10.1 Å². The first-order valence-corrected chi connectivity index (χ1v) is 6.40. The fourth-order valence-electron chi connectivity index (χ4n) is 1.49. The highest BCUT2D eigenvalue weighted by Gasteiger charge is 2.11. The Morgan fingerprint density at radius 3 is 2.56 bits per heavy atom. The van der Waals surface area contributed by atoms with Gasteiger partial charge in [-0.2, -0.15) is 0 Å². The molecule has 0 aromatic heterocycles. The molecule has 0 bridgehead atoms. The minimum atomic E-state index is -0.0721. The third-order valence-electron chi connectivity index (χ3n) is 3.30. The Morgan fingerprint density at radius 2 is 1.94 bits per heavy atom. The maximum absolute atomic E-state index is 11.7. The van der Waals surface area contributed by atoms with Crippen LogP contribution in [0.2, 0.25) is 0 Å². The summed E-state index contributed by atoms with van der Waals surface area (Å²) in [7, 11) is 0. The van der Waals surface area contributed by atoms with Gasteiger partial charge in [0, 0.05) is 6.04 Å². The molecule has 100 valence electrons. The average molecular weight is 249 g/mol. The molecule has 1 N–H and O–H groups in total. The van der Waals surface area contributed by atoms with Crippen molar-refractivity contribution in [2.75, 3.05) is 6.61 Å². The highest BCUT2D eigenvalue weighted by Crippen LogP contribution is 2.20. The van der Waals surface area contributed by atoms with E-state index in [1.54, 1.807) is 0 Å².